The maximum Gasteiger partial charge on any atom is 0.221 e. The zero-order valence-electron chi connectivity index (χ0n) is 10.3. The predicted octanol–water partition coefficient (Wildman–Crippen LogP) is 2.87. The highest BCUT2D eigenvalue weighted by Gasteiger charge is 2.17. The van der Waals surface area contributed by atoms with Gasteiger partial charge in [0, 0.05) is 6.42 Å². The molecule has 1 aliphatic carbocycles. The first-order chi connectivity index (χ1) is 7.76. The molecule has 0 heterocycles. The Balaban J connectivity index is 2.29. The van der Waals surface area contributed by atoms with E-state index >= 15 is 0 Å². The summed E-state index contributed by atoms with van der Waals surface area (Å²) in [5.41, 5.74) is 0. The van der Waals surface area contributed by atoms with Gasteiger partial charge in [0.05, 0.1) is 6.04 Å². The number of hydrogen-bond donors (Lipinski definition) is 1. The van der Waals surface area contributed by atoms with Crippen LogP contribution in [0.3, 0.4) is 0 Å². The van der Waals surface area contributed by atoms with Crippen molar-refractivity contribution in [3.8, 4) is 12.3 Å². The van der Waals surface area contributed by atoms with Crippen LogP contribution in [-0.2, 0) is 4.79 Å². The van der Waals surface area contributed by atoms with E-state index in [1.54, 1.807) is 0 Å². The molecule has 2 nitrogen and oxygen atoms in total. The van der Waals surface area contributed by atoms with Crippen LogP contribution >= 0.6 is 0 Å². The number of rotatable bonds is 4. The van der Waals surface area contributed by atoms with Gasteiger partial charge in [0.2, 0.25) is 5.91 Å². The molecule has 1 N–H and O–H groups in total. The number of hydrogen-bond acceptors (Lipinski definition) is 1. The highest BCUT2D eigenvalue weighted by Crippen LogP contribution is 2.25. The minimum atomic E-state index is -0.0849. The standard InChI is InChI=1S/C14H23NO/c1-3-13(4-2)15-14(16)11-12-9-7-5-6-8-10-12/h1,12-13H,4-11H2,2H3,(H,15,16). The second-order valence-corrected chi connectivity index (χ2v) is 4.76. The van der Waals surface area contributed by atoms with Gasteiger partial charge < -0.3 is 5.32 Å². The fraction of sp³-hybridized carbons (Fsp3) is 0.786. The highest BCUT2D eigenvalue weighted by atomic mass is 16.1. The van der Waals surface area contributed by atoms with Crippen LogP contribution in [0.5, 0.6) is 0 Å². The van der Waals surface area contributed by atoms with E-state index < -0.39 is 0 Å². The van der Waals surface area contributed by atoms with E-state index in [0.717, 1.165) is 6.42 Å². The van der Waals surface area contributed by atoms with E-state index in [-0.39, 0.29) is 11.9 Å². The van der Waals surface area contributed by atoms with Gasteiger partial charge in [-0.2, -0.15) is 0 Å². The van der Waals surface area contributed by atoms with Gasteiger partial charge in [-0.15, -0.1) is 6.42 Å². The van der Waals surface area contributed by atoms with Gasteiger partial charge in [0.25, 0.3) is 0 Å². The van der Waals surface area contributed by atoms with Crippen molar-refractivity contribution < 1.29 is 4.79 Å². The van der Waals surface area contributed by atoms with Crippen molar-refractivity contribution in [3.05, 3.63) is 0 Å². The van der Waals surface area contributed by atoms with Crippen molar-refractivity contribution in [2.24, 2.45) is 5.92 Å². The van der Waals surface area contributed by atoms with Gasteiger partial charge in [0.1, 0.15) is 0 Å². The van der Waals surface area contributed by atoms with Crippen LogP contribution in [-0.4, -0.2) is 11.9 Å². The second-order valence-electron chi connectivity index (χ2n) is 4.76. The van der Waals surface area contributed by atoms with Crippen LogP contribution in [0.15, 0.2) is 0 Å². The van der Waals surface area contributed by atoms with Crippen LogP contribution < -0.4 is 5.32 Å². The average molecular weight is 221 g/mol. The highest BCUT2D eigenvalue weighted by molar-refractivity contribution is 5.76. The quantitative estimate of drug-likeness (QED) is 0.574. The molecule has 0 bridgehead atoms. The van der Waals surface area contributed by atoms with Crippen molar-refractivity contribution >= 4 is 5.91 Å². The first-order valence-corrected chi connectivity index (χ1v) is 6.51. The first kappa shape index (κ1) is 13.1. The van der Waals surface area contributed by atoms with E-state index in [1.165, 1.54) is 38.5 Å². The van der Waals surface area contributed by atoms with E-state index in [4.69, 9.17) is 6.42 Å². The van der Waals surface area contributed by atoms with Gasteiger partial charge >= 0.3 is 0 Å². The van der Waals surface area contributed by atoms with E-state index in [2.05, 4.69) is 11.2 Å². The third-order valence-electron chi connectivity index (χ3n) is 3.39. The van der Waals surface area contributed by atoms with Crippen molar-refractivity contribution in [2.45, 2.75) is 64.3 Å². The number of amides is 1. The van der Waals surface area contributed by atoms with E-state index in [1.807, 2.05) is 6.92 Å². The minimum Gasteiger partial charge on any atom is -0.342 e. The van der Waals surface area contributed by atoms with Gasteiger partial charge in [0.15, 0.2) is 0 Å². The van der Waals surface area contributed by atoms with Crippen molar-refractivity contribution in [2.75, 3.05) is 0 Å². The molecule has 1 saturated carbocycles. The zero-order chi connectivity index (χ0) is 11.8. The van der Waals surface area contributed by atoms with Gasteiger partial charge in [-0.05, 0) is 25.2 Å². The number of carbonyl (C=O) groups is 1. The van der Waals surface area contributed by atoms with Crippen molar-refractivity contribution in [1.29, 1.82) is 0 Å². The van der Waals surface area contributed by atoms with Crippen LogP contribution in [0, 0.1) is 18.3 Å². The monoisotopic (exact) mass is 221 g/mol. The first-order valence-electron chi connectivity index (χ1n) is 6.51. The molecule has 2 heteroatoms. The van der Waals surface area contributed by atoms with Crippen LogP contribution in [0.4, 0.5) is 0 Å². The summed E-state index contributed by atoms with van der Waals surface area (Å²) in [6.45, 7) is 2.00. The Labute approximate surface area is 99.2 Å². The molecular formula is C14H23NO. The fourth-order valence-electron chi connectivity index (χ4n) is 2.35. The molecule has 1 unspecified atom stereocenters. The topological polar surface area (TPSA) is 29.1 Å². The van der Waals surface area contributed by atoms with Gasteiger partial charge in [-0.1, -0.05) is 38.5 Å². The normalized spacial score (nSPS) is 19.5. The molecule has 1 rings (SSSR count). The summed E-state index contributed by atoms with van der Waals surface area (Å²) in [7, 11) is 0. The molecule has 0 aromatic rings. The number of nitrogens with one attached hydrogen (secondary N) is 1. The van der Waals surface area contributed by atoms with Crippen LogP contribution in [0.25, 0.3) is 0 Å². The predicted molar refractivity (Wildman–Crippen MR) is 66.9 cm³/mol. The van der Waals surface area contributed by atoms with Crippen molar-refractivity contribution in [3.63, 3.8) is 0 Å². The minimum absolute atomic E-state index is 0.0849. The molecule has 0 aliphatic heterocycles. The van der Waals surface area contributed by atoms with E-state index in [0.29, 0.717) is 12.3 Å². The van der Waals surface area contributed by atoms with Gasteiger partial charge in [-0.3, -0.25) is 4.79 Å². The Bertz CT molecular complexity index is 246. The fourth-order valence-corrected chi connectivity index (χ4v) is 2.35. The lowest BCUT2D eigenvalue weighted by Crippen LogP contribution is -2.34. The van der Waals surface area contributed by atoms with Gasteiger partial charge in [-0.25, -0.2) is 0 Å². The van der Waals surface area contributed by atoms with E-state index in [9.17, 15) is 4.79 Å². The summed E-state index contributed by atoms with van der Waals surface area (Å²) >= 11 is 0. The molecule has 16 heavy (non-hydrogen) atoms. The maximum atomic E-state index is 11.7. The molecule has 1 atom stereocenters. The molecule has 0 aromatic carbocycles. The SMILES string of the molecule is C#CC(CC)NC(=O)CC1CCCCCC1. The summed E-state index contributed by atoms with van der Waals surface area (Å²) in [6, 6.07) is -0.0849. The molecule has 1 aliphatic rings. The summed E-state index contributed by atoms with van der Waals surface area (Å²) in [5.74, 6) is 3.32. The Morgan fingerprint density at radius 2 is 2.00 bits per heavy atom. The average Bonchev–Trinajstić information content (AvgIpc) is 2.54. The van der Waals surface area contributed by atoms with Crippen molar-refractivity contribution in [1.82, 2.24) is 5.32 Å². The lowest BCUT2D eigenvalue weighted by atomic mass is 9.96. The molecule has 0 saturated heterocycles. The largest absolute Gasteiger partial charge is 0.342 e. The Morgan fingerprint density at radius 3 is 2.50 bits per heavy atom. The third kappa shape index (κ3) is 4.70. The molecule has 1 fully saturated rings. The molecular weight excluding hydrogens is 198 g/mol. The molecule has 0 spiro atoms. The summed E-state index contributed by atoms with van der Waals surface area (Å²) in [4.78, 5) is 11.7. The maximum absolute atomic E-state index is 11.7. The van der Waals surface area contributed by atoms with Crippen LogP contribution in [0.2, 0.25) is 0 Å². The number of carbonyl (C=O) groups excluding carboxylic acids is 1. The number of terminal acetylenes is 1. The molecule has 90 valence electrons. The lowest BCUT2D eigenvalue weighted by molar-refractivity contribution is -0.122. The molecule has 0 radical (unpaired) electrons. The molecule has 0 aromatic heterocycles. The zero-order valence-corrected chi connectivity index (χ0v) is 10.3. The Hall–Kier alpha value is -0.970. The summed E-state index contributed by atoms with van der Waals surface area (Å²) in [5, 5.41) is 2.91. The summed E-state index contributed by atoms with van der Waals surface area (Å²) < 4.78 is 0. The third-order valence-corrected chi connectivity index (χ3v) is 3.39. The van der Waals surface area contributed by atoms with Crippen LogP contribution in [0.1, 0.15) is 58.3 Å². The Kier molecular flexibility index (Phi) is 6.00. The summed E-state index contributed by atoms with van der Waals surface area (Å²) in [6.07, 6.45) is 14.5. The Morgan fingerprint density at radius 1 is 1.38 bits per heavy atom. The molecule has 1 amide bonds. The smallest absolute Gasteiger partial charge is 0.221 e. The lowest BCUT2D eigenvalue weighted by Gasteiger charge is -2.15. The second kappa shape index (κ2) is 7.33.